The quantitative estimate of drug-likeness (QED) is 0.773. The smallest absolute Gasteiger partial charge is 0.131 e. The fourth-order valence-electron chi connectivity index (χ4n) is 1.92. The third-order valence-corrected chi connectivity index (χ3v) is 2.83. The van der Waals surface area contributed by atoms with Gasteiger partial charge in [-0.2, -0.15) is 0 Å². The average Bonchev–Trinajstić information content (AvgIpc) is 2.37. The first-order valence-corrected chi connectivity index (χ1v) is 5.84. The molecule has 0 saturated heterocycles. The highest BCUT2D eigenvalue weighted by Crippen LogP contribution is 2.21. The highest BCUT2D eigenvalue weighted by molar-refractivity contribution is 5.86. The number of rotatable bonds is 5. The molecular weight excluding hydrogens is 215 g/mol. The van der Waals surface area contributed by atoms with Crippen molar-refractivity contribution >= 4 is 10.8 Å². The topological polar surface area (TPSA) is 24.1 Å². The van der Waals surface area contributed by atoms with E-state index in [1.54, 1.807) is 0 Å². The molecule has 90 valence electrons. The number of fused-ring (bicyclic) bond motifs is 1. The van der Waals surface area contributed by atoms with Gasteiger partial charge in [0.05, 0.1) is 0 Å². The van der Waals surface area contributed by atoms with Crippen molar-refractivity contribution in [3.8, 4) is 0 Å². The van der Waals surface area contributed by atoms with Crippen molar-refractivity contribution in [2.75, 3.05) is 20.1 Å². The van der Waals surface area contributed by atoms with Crippen molar-refractivity contribution in [2.24, 2.45) is 0 Å². The van der Waals surface area contributed by atoms with Crippen LogP contribution in [-0.4, -0.2) is 20.1 Å². The average molecular weight is 232 g/mol. The lowest BCUT2D eigenvalue weighted by molar-refractivity contribution is 0.635. The van der Waals surface area contributed by atoms with Gasteiger partial charge < -0.3 is 10.6 Å². The number of halogens is 1. The summed E-state index contributed by atoms with van der Waals surface area (Å²) in [4.78, 5) is 0. The van der Waals surface area contributed by atoms with E-state index in [1.165, 1.54) is 6.07 Å². The number of likely N-dealkylation sites (N-methyl/N-ethyl adjacent to an activating group) is 1. The summed E-state index contributed by atoms with van der Waals surface area (Å²) < 4.78 is 13.6. The van der Waals surface area contributed by atoms with Crippen LogP contribution in [0.4, 0.5) is 4.39 Å². The Morgan fingerprint density at radius 1 is 1.00 bits per heavy atom. The first-order valence-electron chi connectivity index (χ1n) is 5.84. The van der Waals surface area contributed by atoms with E-state index in [4.69, 9.17) is 0 Å². The van der Waals surface area contributed by atoms with Crippen molar-refractivity contribution in [1.82, 2.24) is 10.6 Å². The Hall–Kier alpha value is -1.45. The molecule has 3 heteroatoms. The highest BCUT2D eigenvalue weighted by Gasteiger charge is 2.04. The van der Waals surface area contributed by atoms with E-state index in [0.717, 1.165) is 30.6 Å². The molecule has 0 aliphatic rings. The van der Waals surface area contributed by atoms with E-state index in [9.17, 15) is 4.39 Å². The maximum Gasteiger partial charge on any atom is 0.131 e. The first kappa shape index (κ1) is 12.0. The zero-order valence-corrected chi connectivity index (χ0v) is 9.96. The van der Waals surface area contributed by atoms with Crippen LogP contribution in [0.15, 0.2) is 36.4 Å². The zero-order valence-electron chi connectivity index (χ0n) is 9.96. The van der Waals surface area contributed by atoms with E-state index in [1.807, 2.05) is 37.4 Å². The Balaban J connectivity index is 2.20. The van der Waals surface area contributed by atoms with Crippen molar-refractivity contribution in [3.63, 3.8) is 0 Å². The van der Waals surface area contributed by atoms with Crippen LogP contribution >= 0.6 is 0 Å². The molecule has 17 heavy (non-hydrogen) atoms. The van der Waals surface area contributed by atoms with Crippen LogP contribution in [0.1, 0.15) is 5.56 Å². The summed E-state index contributed by atoms with van der Waals surface area (Å²) in [6, 6.07) is 11.0. The minimum absolute atomic E-state index is 0.153. The van der Waals surface area contributed by atoms with Crippen LogP contribution in [0.5, 0.6) is 0 Å². The monoisotopic (exact) mass is 232 g/mol. The van der Waals surface area contributed by atoms with Gasteiger partial charge in [0.15, 0.2) is 0 Å². The van der Waals surface area contributed by atoms with E-state index < -0.39 is 0 Å². The van der Waals surface area contributed by atoms with Crippen LogP contribution in [0.25, 0.3) is 10.8 Å². The summed E-state index contributed by atoms with van der Waals surface area (Å²) in [5.41, 5.74) is 1.14. The molecule has 0 aliphatic heterocycles. The molecule has 0 aliphatic carbocycles. The molecule has 2 nitrogen and oxygen atoms in total. The zero-order chi connectivity index (χ0) is 12.1. The maximum atomic E-state index is 13.6. The molecular formula is C14H17FN2. The Bertz CT molecular complexity index is 497. The fraction of sp³-hybridized carbons (Fsp3) is 0.286. The second kappa shape index (κ2) is 5.75. The van der Waals surface area contributed by atoms with Crippen molar-refractivity contribution in [2.45, 2.75) is 6.54 Å². The fourth-order valence-corrected chi connectivity index (χ4v) is 1.92. The van der Waals surface area contributed by atoms with Gasteiger partial charge in [-0.25, -0.2) is 4.39 Å². The lowest BCUT2D eigenvalue weighted by Crippen LogP contribution is -2.24. The van der Waals surface area contributed by atoms with Crippen LogP contribution in [-0.2, 0) is 6.54 Å². The predicted octanol–water partition coefficient (Wildman–Crippen LogP) is 2.29. The summed E-state index contributed by atoms with van der Waals surface area (Å²) in [5, 5.41) is 8.09. The van der Waals surface area contributed by atoms with Gasteiger partial charge in [-0.3, -0.25) is 0 Å². The molecule has 0 spiro atoms. The molecule has 0 amide bonds. The van der Waals surface area contributed by atoms with Crippen LogP contribution in [0.3, 0.4) is 0 Å². The molecule has 0 aromatic heterocycles. The van der Waals surface area contributed by atoms with E-state index >= 15 is 0 Å². The van der Waals surface area contributed by atoms with Gasteiger partial charge in [0.1, 0.15) is 5.82 Å². The molecule has 0 fully saturated rings. The summed E-state index contributed by atoms with van der Waals surface area (Å²) >= 11 is 0. The maximum absolute atomic E-state index is 13.6. The molecule has 0 radical (unpaired) electrons. The number of nitrogens with one attached hydrogen (secondary N) is 2. The molecule has 0 heterocycles. The lowest BCUT2D eigenvalue weighted by atomic mass is 10.0. The predicted molar refractivity (Wildman–Crippen MR) is 69.5 cm³/mol. The molecule has 0 atom stereocenters. The second-order valence-corrected chi connectivity index (χ2v) is 4.03. The molecule has 2 aromatic rings. The minimum Gasteiger partial charge on any atom is -0.318 e. The van der Waals surface area contributed by atoms with Crippen LogP contribution < -0.4 is 10.6 Å². The van der Waals surface area contributed by atoms with E-state index in [2.05, 4.69) is 10.6 Å². The summed E-state index contributed by atoms with van der Waals surface area (Å²) in [5.74, 6) is -0.153. The summed E-state index contributed by atoms with van der Waals surface area (Å²) in [7, 11) is 1.93. The van der Waals surface area contributed by atoms with Gasteiger partial charge in [0, 0.05) is 25.0 Å². The molecule has 0 bridgehead atoms. The third kappa shape index (κ3) is 2.81. The SMILES string of the molecule is CNCCNCc1ccc(F)c2ccccc12. The molecule has 0 unspecified atom stereocenters. The Kier molecular flexibility index (Phi) is 4.07. The number of benzene rings is 2. The van der Waals surface area contributed by atoms with Gasteiger partial charge in [0.25, 0.3) is 0 Å². The molecule has 0 saturated carbocycles. The Morgan fingerprint density at radius 3 is 2.53 bits per heavy atom. The summed E-state index contributed by atoms with van der Waals surface area (Å²) in [6.45, 7) is 2.60. The van der Waals surface area contributed by atoms with Crippen LogP contribution in [0.2, 0.25) is 0 Å². The lowest BCUT2D eigenvalue weighted by Gasteiger charge is -2.08. The van der Waals surface area contributed by atoms with E-state index in [-0.39, 0.29) is 5.82 Å². The van der Waals surface area contributed by atoms with Crippen LogP contribution in [0, 0.1) is 5.82 Å². The third-order valence-electron chi connectivity index (χ3n) is 2.83. The normalized spacial score (nSPS) is 10.9. The largest absolute Gasteiger partial charge is 0.318 e. The van der Waals surface area contributed by atoms with Crippen molar-refractivity contribution in [1.29, 1.82) is 0 Å². The molecule has 2 aromatic carbocycles. The first-order chi connectivity index (χ1) is 8.33. The second-order valence-electron chi connectivity index (χ2n) is 4.03. The number of hydrogen-bond donors (Lipinski definition) is 2. The Morgan fingerprint density at radius 2 is 1.76 bits per heavy atom. The van der Waals surface area contributed by atoms with Gasteiger partial charge in [-0.15, -0.1) is 0 Å². The standard InChI is InChI=1S/C14H17FN2/c1-16-8-9-17-10-11-6-7-14(15)13-5-3-2-4-12(11)13/h2-7,16-17H,8-10H2,1H3. The Labute approximate surface area is 101 Å². The van der Waals surface area contributed by atoms with Crippen molar-refractivity contribution in [3.05, 3.63) is 47.8 Å². The number of hydrogen-bond acceptors (Lipinski definition) is 2. The molecule has 2 N–H and O–H groups in total. The van der Waals surface area contributed by atoms with Gasteiger partial charge >= 0.3 is 0 Å². The summed E-state index contributed by atoms with van der Waals surface area (Å²) in [6.07, 6.45) is 0. The van der Waals surface area contributed by atoms with Gasteiger partial charge in [0.2, 0.25) is 0 Å². The minimum atomic E-state index is -0.153. The van der Waals surface area contributed by atoms with Crippen molar-refractivity contribution < 1.29 is 4.39 Å². The highest BCUT2D eigenvalue weighted by atomic mass is 19.1. The molecule has 2 rings (SSSR count). The van der Waals surface area contributed by atoms with Gasteiger partial charge in [-0.05, 0) is 24.1 Å². The van der Waals surface area contributed by atoms with E-state index in [0.29, 0.717) is 5.39 Å². The van der Waals surface area contributed by atoms with Gasteiger partial charge in [-0.1, -0.05) is 30.3 Å².